The van der Waals surface area contributed by atoms with Gasteiger partial charge in [0.05, 0.1) is 16.4 Å². The van der Waals surface area contributed by atoms with Gasteiger partial charge in [-0.15, -0.1) is 11.3 Å². The summed E-state index contributed by atoms with van der Waals surface area (Å²) >= 11 is 1.13. The first kappa shape index (κ1) is 10.7. The molecule has 6 nitrogen and oxygen atoms in total. The number of fused-ring (bicyclic) bond motifs is 3. The summed E-state index contributed by atoms with van der Waals surface area (Å²) in [6.45, 7) is 0. The Morgan fingerprint density at radius 2 is 2.17 bits per heavy atom. The second-order valence-electron chi connectivity index (χ2n) is 3.65. The van der Waals surface area contributed by atoms with Gasteiger partial charge < -0.3 is 10.2 Å². The molecule has 0 saturated heterocycles. The maximum Gasteiger partial charge on any atom is 0.353 e. The molecule has 0 saturated carbocycles. The SMILES string of the molecule is O=C(O)c1cnc(=O)n2c1sc1cc(O)ccc12. The molecule has 2 N–H and O–H groups in total. The fourth-order valence-electron chi connectivity index (χ4n) is 1.77. The van der Waals surface area contributed by atoms with Crippen LogP contribution in [0, 0.1) is 0 Å². The van der Waals surface area contributed by atoms with Crippen molar-refractivity contribution in [2.45, 2.75) is 0 Å². The van der Waals surface area contributed by atoms with Gasteiger partial charge in [0.1, 0.15) is 16.1 Å². The third kappa shape index (κ3) is 1.37. The lowest BCUT2D eigenvalue weighted by Gasteiger charge is -1.97. The minimum absolute atomic E-state index is 0.0321. The van der Waals surface area contributed by atoms with Crippen molar-refractivity contribution >= 4 is 32.4 Å². The van der Waals surface area contributed by atoms with Crippen LogP contribution in [0.3, 0.4) is 0 Å². The van der Waals surface area contributed by atoms with Crippen molar-refractivity contribution in [2.75, 3.05) is 0 Å². The Morgan fingerprint density at radius 1 is 1.39 bits per heavy atom. The second kappa shape index (κ2) is 3.54. The lowest BCUT2D eigenvalue weighted by molar-refractivity contribution is 0.0698. The monoisotopic (exact) mass is 262 g/mol. The van der Waals surface area contributed by atoms with Gasteiger partial charge >= 0.3 is 11.7 Å². The van der Waals surface area contributed by atoms with Crippen molar-refractivity contribution in [1.29, 1.82) is 0 Å². The highest BCUT2D eigenvalue weighted by Gasteiger charge is 2.15. The van der Waals surface area contributed by atoms with Gasteiger partial charge in [-0.2, -0.15) is 0 Å². The number of carboxylic acids is 1. The summed E-state index contributed by atoms with van der Waals surface area (Å²) in [7, 11) is 0. The van der Waals surface area contributed by atoms with Gasteiger partial charge in [-0.25, -0.2) is 19.0 Å². The molecule has 7 heteroatoms. The number of rotatable bonds is 1. The molecule has 0 amide bonds. The van der Waals surface area contributed by atoms with Crippen molar-refractivity contribution in [3.05, 3.63) is 40.4 Å². The van der Waals surface area contributed by atoms with Gasteiger partial charge in [0.25, 0.3) is 0 Å². The summed E-state index contributed by atoms with van der Waals surface area (Å²) in [5, 5.41) is 18.4. The number of carboxylic acid groups (broad SMARTS) is 1. The third-order valence-corrected chi connectivity index (χ3v) is 3.69. The number of aromatic nitrogens is 2. The molecule has 0 fully saturated rings. The molecule has 0 atom stereocenters. The van der Waals surface area contributed by atoms with Gasteiger partial charge in [-0.3, -0.25) is 0 Å². The van der Waals surface area contributed by atoms with E-state index in [0.717, 1.165) is 17.5 Å². The predicted octanol–water partition coefficient (Wildman–Crippen LogP) is 1.31. The fourth-order valence-corrected chi connectivity index (χ4v) is 2.94. The Balaban J connectivity index is 2.60. The molecular weight excluding hydrogens is 256 g/mol. The van der Waals surface area contributed by atoms with Gasteiger partial charge in [-0.05, 0) is 18.2 Å². The summed E-state index contributed by atoms with van der Waals surface area (Å²) in [6.07, 6.45) is 1.05. The van der Waals surface area contributed by atoms with Gasteiger partial charge in [-0.1, -0.05) is 0 Å². The van der Waals surface area contributed by atoms with Gasteiger partial charge in [0.15, 0.2) is 0 Å². The maximum absolute atomic E-state index is 11.7. The minimum atomic E-state index is -1.14. The van der Waals surface area contributed by atoms with Crippen molar-refractivity contribution in [2.24, 2.45) is 0 Å². The quantitative estimate of drug-likeness (QED) is 0.690. The Hall–Kier alpha value is -2.41. The Kier molecular flexibility index (Phi) is 2.11. The van der Waals surface area contributed by atoms with Crippen molar-refractivity contribution in [3.63, 3.8) is 0 Å². The van der Waals surface area contributed by atoms with Gasteiger partial charge in [0.2, 0.25) is 0 Å². The van der Waals surface area contributed by atoms with Crippen LogP contribution in [-0.4, -0.2) is 25.6 Å². The lowest BCUT2D eigenvalue weighted by Crippen LogP contribution is -2.17. The highest BCUT2D eigenvalue weighted by Crippen LogP contribution is 2.29. The first-order chi connectivity index (χ1) is 8.58. The average molecular weight is 262 g/mol. The van der Waals surface area contributed by atoms with E-state index in [1.54, 1.807) is 6.07 Å². The van der Waals surface area contributed by atoms with Crippen LogP contribution in [0.25, 0.3) is 15.0 Å². The molecule has 90 valence electrons. The molecule has 0 bridgehead atoms. The van der Waals surface area contributed by atoms with Crippen molar-refractivity contribution in [1.82, 2.24) is 9.38 Å². The summed E-state index contributed by atoms with van der Waals surface area (Å²) in [4.78, 5) is 26.6. The minimum Gasteiger partial charge on any atom is -0.508 e. The van der Waals surface area contributed by atoms with E-state index in [2.05, 4.69) is 4.98 Å². The van der Waals surface area contributed by atoms with Crippen LogP contribution in [-0.2, 0) is 0 Å². The number of phenolic OH excluding ortho intramolecular Hbond substituents is 1. The third-order valence-electron chi connectivity index (χ3n) is 2.55. The summed E-state index contributed by atoms with van der Waals surface area (Å²) in [6, 6.07) is 4.48. The van der Waals surface area contributed by atoms with Crippen LogP contribution in [0.1, 0.15) is 10.4 Å². The molecule has 2 heterocycles. The number of phenols is 1. The molecular formula is C11H6N2O4S. The van der Waals surface area contributed by atoms with E-state index in [9.17, 15) is 14.7 Å². The van der Waals surface area contributed by atoms with Crippen LogP contribution in [0.5, 0.6) is 5.75 Å². The normalized spacial score (nSPS) is 11.1. The lowest BCUT2D eigenvalue weighted by atomic mass is 10.3. The summed E-state index contributed by atoms with van der Waals surface area (Å²) < 4.78 is 1.87. The number of hydrogen-bond donors (Lipinski definition) is 2. The number of thiazole rings is 1. The smallest absolute Gasteiger partial charge is 0.353 e. The second-order valence-corrected chi connectivity index (χ2v) is 4.68. The summed E-state index contributed by atoms with van der Waals surface area (Å²) in [5.74, 6) is -1.08. The van der Waals surface area contributed by atoms with E-state index in [1.807, 2.05) is 0 Å². The Bertz CT molecular complexity index is 849. The predicted molar refractivity (Wildman–Crippen MR) is 65.5 cm³/mol. The van der Waals surface area contributed by atoms with E-state index in [1.165, 1.54) is 16.5 Å². The number of aromatic hydroxyl groups is 1. The van der Waals surface area contributed by atoms with Crippen LogP contribution in [0.15, 0.2) is 29.2 Å². The van der Waals surface area contributed by atoms with Crippen LogP contribution in [0.2, 0.25) is 0 Å². The van der Waals surface area contributed by atoms with Crippen molar-refractivity contribution < 1.29 is 15.0 Å². The first-order valence-corrected chi connectivity index (χ1v) is 5.76. The molecule has 0 spiro atoms. The van der Waals surface area contributed by atoms with Crippen LogP contribution < -0.4 is 5.69 Å². The molecule has 0 unspecified atom stereocenters. The maximum atomic E-state index is 11.7. The first-order valence-electron chi connectivity index (χ1n) is 4.94. The molecule has 0 aliphatic heterocycles. The molecule has 0 radical (unpaired) electrons. The number of hydrogen-bond acceptors (Lipinski definition) is 5. The molecule has 0 aliphatic rings. The zero-order chi connectivity index (χ0) is 12.9. The molecule has 1 aromatic carbocycles. The molecule has 0 aliphatic carbocycles. The number of aromatic carboxylic acids is 1. The van der Waals surface area contributed by atoms with E-state index < -0.39 is 11.7 Å². The molecule has 3 aromatic rings. The highest BCUT2D eigenvalue weighted by molar-refractivity contribution is 7.24. The van der Waals surface area contributed by atoms with Crippen LogP contribution in [0.4, 0.5) is 0 Å². The average Bonchev–Trinajstić information content (AvgIpc) is 2.67. The highest BCUT2D eigenvalue weighted by atomic mass is 32.1. The van der Waals surface area contributed by atoms with E-state index >= 15 is 0 Å². The number of carbonyl (C=O) groups is 1. The zero-order valence-electron chi connectivity index (χ0n) is 8.82. The van der Waals surface area contributed by atoms with Gasteiger partial charge in [0, 0.05) is 0 Å². The summed E-state index contributed by atoms with van der Waals surface area (Å²) in [5.41, 5.74) is -0.0318. The standard InChI is InChI=1S/C11H6N2O4S/c14-5-1-2-7-8(3-5)18-9-6(10(15)16)4-12-11(17)13(7)9/h1-4,14H,(H,15,16). The van der Waals surface area contributed by atoms with E-state index in [0.29, 0.717) is 15.0 Å². The number of benzene rings is 1. The fraction of sp³-hybridized carbons (Fsp3) is 0. The molecule has 2 aromatic heterocycles. The topological polar surface area (TPSA) is 91.9 Å². The molecule has 18 heavy (non-hydrogen) atoms. The van der Waals surface area contributed by atoms with Crippen LogP contribution >= 0.6 is 11.3 Å². The Morgan fingerprint density at radius 3 is 2.89 bits per heavy atom. The Labute approximate surface area is 103 Å². The largest absolute Gasteiger partial charge is 0.508 e. The number of nitrogens with zero attached hydrogens (tertiary/aromatic N) is 2. The van der Waals surface area contributed by atoms with E-state index in [4.69, 9.17) is 5.11 Å². The zero-order valence-corrected chi connectivity index (χ0v) is 9.64. The van der Waals surface area contributed by atoms with Crippen molar-refractivity contribution in [3.8, 4) is 5.75 Å². The molecule has 3 rings (SSSR count). The van der Waals surface area contributed by atoms with E-state index in [-0.39, 0.29) is 11.3 Å².